The second-order valence-corrected chi connectivity index (χ2v) is 5.65. The van der Waals surface area contributed by atoms with E-state index in [0.717, 1.165) is 30.4 Å². The first-order chi connectivity index (χ1) is 7.90. The summed E-state index contributed by atoms with van der Waals surface area (Å²) in [6.45, 7) is 9.21. The predicted octanol–water partition coefficient (Wildman–Crippen LogP) is 3.14. The molecule has 0 fully saturated rings. The number of hydrogen-bond donors (Lipinski definition) is 2. The third-order valence-corrected chi connectivity index (χ3v) is 3.12. The summed E-state index contributed by atoms with van der Waals surface area (Å²) in [6.07, 6.45) is 2.78. The monoisotopic (exact) mass is 235 g/mol. The van der Waals surface area contributed by atoms with Gasteiger partial charge in [0.1, 0.15) is 5.75 Å². The highest BCUT2D eigenvalue weighted by Crippen LogP contribution is 2.35. The highest BCUT2D eigenvalue weighted by molar-refractivity contribution is 5.47. The van der Waals surface area contributed by atoms with Gasteiger partial charge in [0.2, 0.25) is 0 Å². The molecule has 0 aliphatic rings. The van der Waals surface area contributed by atoms with Crippen molar-refractivity contribution in [3.8, 4) is 5.75 Å². The van der Waals surface area contributed by atoms with Gasteiger partial charge in [0.15, 0.2) is 0 Å². The molecule has 3 N–H and O–H groups in total. The number of benzene rings is 1. The minimum atomic E-state index is -0.0211. The topological polar surface area (TPSA) is 46.2 Å². The average Bonchev–Trinajstić information content (AvgIpc) is 2.26. The van der Waals surface area contributed by atoms with Crippen molar-refractivity contribution in [1.29, 1.82) is 0 Å². The van der Waals surface area contributed by atoms with E-state index in [9.17, 15) is 5.11 Å². The number of rotatable bonds is 4. The maximum absolute atomic E-state index is 10.3. The van der Waals surface area contributed by atoms with Crippen molar-refractivity contribution >= 4 is 0 Å². The van der Waals surface area contributed by atoms with Gasteiger partial charge in [0.25, 0.3) is 0 Å². The van der Waals surface area contributed by atoms with Gasteiger partial charge in [-0.25, -0.2) is 0 Å². The smallest absolute Gasteiger partial charge is 0.122 e. The lowest BCUT2D eigenvalue weighted by Crippen LogP contribution is -2.13. The van der Waals surface area contributed by atoms with Crippen LogP contribution in [0.5, 0.6) is 5.75 Å². The van der Waals surface area contributed by atoms with Crippen molar-refractivity contribution in [3.63, 3.8) is 0 Å². The Kier molecular flexibility index (Phi) is 4.58. The third-order valence-electron chi connectivity index (χ3n) is 3.12. The maximum atomic E-state index is 10.3. The van der Waals surface area contributed by atoms with Crippen LogP contribution >= 0.6 is 0 Å². The Morgan fingerprint density at radius 1 is 1.24 bits per heavy atom. The zero-order valence-electron chi connectivity index (χ0n) is 11.5. The lowest BCUT2D eigenvalue weighted by Gasteiger charge is -2.23. The Morgan fingerprint density at radius 2 is 1.88 bits per heavy atom. The summed E-state index contributed by atoms with van der Waals surface area (Å²) in [7, 11) is 0. The summed E-state index contributed by atoms with van der Waals surface area (Å²) in [5, 5.41) is 10.3. The average molecular weight is 235 g/mol. The summed E-state index contributed by atoms with van der Waals surface area (Å²) >= 11 is 0. The Morgan fingerprint density at radius 3 is 2.35 bits per heavy atom. The fourth-order valence-electron chi connectivity index (χ4n) is 2.02. The van der Waals surface area contributed by atoms with E-state index in [1.165, 1.54) is 5.56 Å². The van der Waals surface area contributed by atoms with Crippen LogP contribution in [0.3, 0.4) is 0 Å². The maximum Gasteiger partial charge on any atom is 0.122 e. The lowest BCUT2D eigenvalue weighted by molar-refractivity contribution is 0.439. The van der Waals surface area contributed by atoms with Crippen LogP contribution in [0, 0.1) is 0 Å². The van der Waals surface area contributed by atoms with Gasteiger partial charge in [0, 0.05) is 0 Å². The van der Waals surface area contributed by atoms with Crippen LogP contribution in [0.4, 0.5) is 0 Å². The molecule has 0 unspecified atom stereocenters. The first-order valence-electron chi connectivity index (χ1n) is 6.45. The van der Waals surface area contributed by atoms with E-state index in [0.29, 0.717) is 12.3 Å². The molecule has 0 saturated heterocycles. The predicted molar refractivity (Wildman–Crippen MR) is 73.6 cm³/mol. The molecule has 2 nitrogen and oxygen atoms in total. The summed E-state index contributed by atoms with van der Waals surface area (Å²) < 4.78 is 0. The number of aromatic hydroxyl groups is 1. The van der Waals surface area contributed by atoms with Crippen molar-refractivity contribution in [2.75, 3.05) is 6.54 Å². The molecule has 96 valence electrons. The van der Waals surface area contributed by atoms with Crippen LogP contribution in [0.15, 0.2) is 12.1 Å². The number of phenols is 1. The molecule has 0 amide bonds. The third kappa shape index (κ3) is 3.47. The van der Waals surface area contributed by atoms with Gasteiger partial charge in [-0.05, 0) is 47.9 Å². The van der Waals surface area contributed by atoms with Gasteiger partial charge >= 0.3 is 0 Å². The second-order valence-electron chi connectivity index (χ2n) is 5.65. The van der Waals surface area contributed by atoms with Crippen molar-refractivity contribution in [1.82, 2.24) is 0 Å². The highest BCUT2D eigenvalue weighted by Gasteiger charge is 2.20. The lowest BCUT2D eigenvalue weighted by atomic mass is 9.83. The Balaban J connectivity index is 3.21. The van der Waals surface area contributed by atoms with Crippen molar-refractivity contribution in [2.24, 2.45) is 5.73 Å². The molecule has 0 aromatic heterocycles. The van der Waals surface area contributed by atoms with Crippen LogP contribution in [0.25, 0.3) is 0 Å². The molecular weight excluding hydrogens is 210 g/mol. The molecular formula is C15H25NO. The molecule has 0 aliphatic carbocycles. The van der Waals surface area contributed by atoms with Crippen LogP contribution in [0.1, 0.15) is 50.8 Å². The fourth-order valence-corrected chi connectivity index (χ4v) is 2.02. The summed E-state index contributed by atoms with van der Waals surface area (Å²) in [5.41, 5.74) is 8.90. The zero-order valence-corrected chi connectivity index (χ0v) is 11.5. The summed E-state index contributed by atoms with van der Waals surface area (Å²) in [4.78, 5) is 0. The second kappa shape index (κ2) is 5.54. The van der Waals surface area contributed by atoms with Gasteiger partial charge in [-0.3, -0.25) is 0 Å². The number of phenolic OH excluding ortho intramolecular Hbond substituents is 1. The standard InChI is InChI=1S/C15H25NO/c1-5-11-9-12(7-6-8-16)14(17)13(10-11)15(2,3)4/h9-10,17H,5-8,16H2,1-4H3. The Bertz CT molecular complexity index is 377. The van der Waals surface area contributed by atoms with E-state index in [2.05, 4.69) is 39.8 Å². The van der Waals surface area contributed by atoms with Gasteiger partial charge in [-0.15, -0.1) is 0 Å². The zero-order chi connectivity index (χ0) is 13.1. The molecule has 0 atom stereocenters. The molecule has 0 aliphatic heterocycles. The van der Waals surface area contributed by atoms with E-state index < -0.39 is 0 Å². The van der Waals surface area contributed by atoms with Gasteiger partial charge in [0.05, 0.1) is 0 Å². The van der Waals surface area contributed by atoms with Gasteiger partial charge in [-0.1, -0.05) is 39.8 Å². The molecule has 0 spiro atoms. The van der Waals surface area contributed by atoms with Crippen molar-refractivity contribution < 1.29 is 5.11 Å². The first kappa shape index (κ1) is 14.0. The molecule has 1 aromatic carbocycles. The molecule has 0 bridgehead atoms. The fraction of sp³-hybridized carbons (Fsp3) is 0.600. The Hall–Kier alpha value is -1.02. The van der Waals surface area contributed by atoms with E-state index in [1.807, 2.05) is 0 Å². The van der Waals surface area contributed by atoms with E-state index in [-0.39, 0.29) is 5.41 Å². The number of hydrogen-bond acceptors (Lipinski definition) is 2. The summed E-state index contributed by atoms with van der Waals surface area (Å²) in [6, 6.07) is 4.24. The number of nitrogens with two attached hydrogens (primary N) is 1. The minimum Gasteiger partial charge on any atom is -0.507 e. The number of aryl methyl sites for hydroxylation is 2. The molecule has 17 heavy (non-hydrogen) atoms. The van der Waals surface area contributed by atoms with Crippen molar-refractivity contribution in [2.45, 2.75) is 52.4 Å². The molecule has 2 heteroatoms. The van der Waals surface area contributed by atoms with Gasteiger partial charge < -0.3 is 10.8 Å². The molecule has 1 aromatic rings. The highest BCUT2D eigenvalue weighted by atomic mass is 16.3. The largest absolute Gasteiger partial charge is 0.507 e. The van der Waals surface area contributed by atoms with Crippen LogP contribution in [-0.2, 0) is 18.3 Å². The first-order valence-corrected chi connectivity index (χ1v) is 6.45. The Labute approximate surface area is 105 Å². The molecule has 0 saturated carbocycles. The van der Waals surface area contributed by atoms with Crippen LogP contribution in [-0.4, -0.2) is 11.7 Å². The van der Waals surface area contributed by atoms with Gasteiger partial charge in [-0.2, -0.15) is 0 Å². The normalized spacial score (nSPS) is 11.8. The minimum absolute atomic E-state index is 0.0211. The van der Waals surface area contributed by atoms with Crippen LogP contribution < -0.4 is 5.73 Å². The quantitative estimate of drug-likeness (QED) is 0.842. The van der Waals surface area contributed by atoms with E-state index in [4.69, 9.17) is 5.73 Å². The van der Waals surface area contributed by atoms with Crippen molar-refractivity contribution in [3.05, 3.63) is 28.8 Å². The van der Waals surface area contributed by atoms with E-state index >= 15 is 0 Å². The SMILES string of the molecule is CCc1cc(CCCN)c(O)c(C(C)(C)C)c1. The molecule has 0 radical (unpaired) electrons. The molecule has 0 heterocycles. The summed E-state index contributed by atoms with van der Waals surface area (Å²) in [5.74, 6) is 0.461. The van der Waals surface area contributed by atoms with Crippen LogP contribution in [0.2, 0.25) is 0 Å². The molecule has 1 rings (SSSR count). The van der Waals surface area contributed by atoms with E-state index in [1.54, 1.807) is 0 Å².